The Morgan fingerprint density at radius 3 is 2.10 bits per heavy atom. The van der Waals surface area contributed by atoms with Gasteiger partial charge in [-0.1, -0.05) is 34.1 Å². The molecule has 0 aliphatic heterocycles. The zero-order valence-corrected chi connectivity index (χ0v) is 7.48. The van der Waals surface area contributed by atoms with Gasteiger partial charge in [0.25, 0.3) is 0 Å². The second-order valence-corrected chi connectivity index (χ2v) is 3.34. The lowest BCUT2D eigenvalue weighted by Crippen LogP contribution is -2.44. The lowest BCUT2D eigenvalue weighted by molar-refractivity contribution is 0.279. The zero-order valence-electron chi connectivity index (χ0n) is 7.48. The first-order valence-corrected chi connectivity index (χ1v) is 4.15. The molecule has 1 atom stereocenters. The minimum absolute atomic E-state index is 0.0295. The van der Waals surface area contributed by atoms with Gasteiger partial charge in [-0.05, 0) is 18.8 Å². The van der Waals surface area contributed by atoms with Crippen molar-refractivity contribution in [3.63, 3.8) is 0 Å². The highest BCUT2D eigenvalue weighted by Crippen LogP contribution is 2.22. The summed E-state index contributed by atoms with van der Waals surface area (Å²) in [6, 6.07) is 0. The topological polar surface area (TPSA) is 26.0 Å². The van der Waals surface area contributed by atoms with Gasteiger partial charge in [0.05, 0.1) is 0 Å². The highest BCUT2D eigenvalue weighted by atomic mass is 14.7. The van der Waals surface area contributed by atoms with Crippen LogP contribution in [0.5, 0.6) is 0 Å². The van der Waals surface area contributed by atoms with Gasteiger partial charge in [0.15, 0.2) is 0 Å². The van der Waals surface area contributed by atoms with Crippen molar-refractivity contribution in [3.8, 4) is 0 Å². The third kappa shape index (κ3) is 2.30. The van der Waals surface area contributed by atoms with Gasteiger partial charge in [-0.3, -0.25) is 0 Å². The molecule has 0 aliphatic rings. The van der Waals surface area contributed by atoms with E-state index in [9.17, 15) is 0 Å². The van der Waals surface area contributed by atoms with Gasteiger partial charge >= 0.3 is 0 Å². The Hall–Kier alpha value is -0.0400. The first-order chi connectivity index (χ1) is 4.56. The number of nitrogens with two attached hydrogens (primary N) is 1. The minimum Gasteiger partial charge on any atom is -0.325 e. The van der Waals surface area contributed by atoms with E-state index in [0.717, 1.165) is 19.3 Å². The summed E-state index contributed by atoms with van der Waals surface area (Å²) in [4.78, 5) is 0. The van der Waals surface area contributed by atoms with Crippen LogP contribution in [-0.4, -0.2) is 5.54 Å². The molecular weight excluding hydrogens is 122 g/mol. The molecule has 2 N–H and O–H groups in total. The predicted octanol–water partition coefficient (Wildman–Crippen LogP) is 2.36. The molecule has 0 aromatic rings. The summed E-state index contributed by atoms with van der Waals surface area (Å²) in [6.07, 6.45) is 3.05. The zero-order chi connectivity index (χ0) is 8.20. The van der Waals surface area contributed by atoms with Crippen molar-refractivity contribution in [2.24, 2.45) is 11.7 Å². The summed E-state index contributed by atoms with van der Waals surface area (Å²) in [5.41, 5.74) is 6.14. The van der Waals surface area contributed by atoms with Gasteiger partial charge in [-0.25, -0.2) is 0 Å². The molecule has 1 unspecified atom stereocenters. The van der Waals surface area contributed by atoms with Crippen molar-refractivity contribution in [2.75, 3.05) is 0 Å². The summed E-state index contributed by atoms with van der Waals surface area (Å²) < 4.78 is 0. The van der Waals surface area contributed by atoms with Crippen LogP contribution >= 0.6 is 0 Å². The first-order valence-electron chi connectivity index (χ1n) is 4.15. The smallest absolute Gasteiger partial charge is 0.0174 e. The maximum Gasteiger partial charge on any atom is 0.0174 e. The van der Waals surface area contributed by atoms with Crippen molar-refractivity contribution in [3.05, 3.63) is 6.92 Å². The molecule has 0 saturated heterocycles. The molecule has 10 heavy (non-hydrogen) atoms. The molecule has 1 heteroatoms. The van der Waals surface area contributed by atoms with Gasteiger partial charge in [0, 0.05) is 5.54 Å². The lowest BCUT2D eigenvalue weighted by Gasteiger charge is -2.32. The van der Waals surface area contributed by atoms with Gasteiger partial charge in [-0.15, -0.1) is 0 Å². The molecule has 1 radical (unpaired) electrons. The molecular formula is C9H20N. The molecule has 0 fully saturated rings. The molecule has 0 amide bonds. The van der Waals surface area contributed by atoms with Crippen LogP contribution in [0, 0.1) is 12.8 Å². The second-order valence-electron chi connectivity index (χ2n) is 3.34. The van der Waals surface area contributed by atoms with Crippen LogP contribution in [0.3, 0.4) is 0 Å². The van der Waals surface area contributed by atoms with E-state index in [1.54, 1.807) is 0 Å². The van der Waals surface area contributed by atoms with E-state index in [1.165, 1.54) is 0 Å². The highest BCUT2D eigenvalue weighted by molar-refractivity contribution is 4.85. The van der Waals surface area contributed by atoms with Crippen LogP contribution in [0.15, 0.2) is 0 Å². The molecule has 0 spiro atoms. The van der Waals surface area contributed by atoms with Gasteiger partial charge < -0.3 is 5.73 Å². The largest absolute Gasteiger partial charge is 0.325 e. The molecule has 0 aliphatic carbocycles. The van der Waals surface area contributed by atoms with Gasteiger partial charge in [-0.2, -0.15) is 0 Å². The fourth-order valence-corrected chi connectivity index (χ4v) is 1.20. The number of rotatable bonds is 4. The Morgan fingerprint density at radius 2 is 2.00 bits per heavy atom. The minimum atomic E-state index is 0.0295. The van der Waals surface area contributed by atoms with E-state index in [-0.39, 0.29) is 5.54 Å². The maximum atomic E-state index is 6.11. The van der Waals surface area contributed by atoms with E-state index >= 15 is 0 Å². The van der Waals surface area contributed by atoms with Crippen LogP contribution in [0.4, 0.5) is 0 Å². The molecule has 61 valence electrons. The van der Waals surface area contributed by atoms with Crippen LogP contribution < -0.4 is 5.73 Å². The normalized spacial score (nSPS) is 17.4. The third-order valence-corrected chi connectivity index (χ3v) is 2.45. The molecule has 0 aromatic carbocycles. The number of hydrogen-bond acceptors (Lipinski definition) is 1. The SMILES string of the molecule is [CH2]CCC(N)(CC)C(C)C. The molecule has 0 saturated carbocycles. The van der Waals surface area contributed by atoms with Gasteiger partial charge in [0.1, 0.15) is 0 Å². The van der Waals surface area contributed by atoms with Crippen molar-refractivity contribution in [1.82, 2.24) is 0 Å². The average Bonchev–Trinajstić information content (AvgIpc) is 1.88. The Kier molecular flexibility index (Phi) is 3.95. The van der Waals surface area contributed by atoms with Crippen LogP contribution in [0.1, 0.15) is 40.0 Å². The third-order valence-electron chi connectivity index (χ3n) is 2.45. The fraction of sp³-hybridized carbons (Fsp3) is 0.889. The molecule has 0 heterocycles. The van der Waals surface area contributed by atoms with Crippen molar-refractivity contribution >= 4 is 0 Å². The fourth-order valence-electron chi connectivity index (χ4n) is 1.20. The monoisotopic (exact) mass is 142 g/mol. The van der Waals surface area contributed by atoms with E-state index in [2.05, 4.69) is 27.7 Å². The van der Waals surface area contributed by atoms with Crippen molar-refractivity contribution in [2.45, 2.75) is 45.6 Å². The van der Waals surface area contributed by atoms with Crippen molar-refractivity contribution < 1.29 is 0 Å². The predicted molar refractivity (Wildman–Crippen MR) is 46.6 cm³/mol. The van der Waals surface area contributed by atoms with Crippen molar-refractivity contribution in [1.29, 1.82) is 0 Å². The quantitative estimate of drug-likeness (QED) is 0.640. The Morgan fingerprint density at radius 1 is 1.50 bits per heavy atom. The molecule has 1 nitrogen and oxygen atoms in total. The van der Waals surface area contributed by atoms with E-state index in [0.29, 0.717) is 5.92 Å². The van der Waals surface area contributed by atoms with E-state index < -0.39 is 0 Å². The Labute approximate surface area is 65.0 Å². The Bertz CT molecular complexity index is 88.7. The summed E-state index contributed by atoms with van der Waals surface area (Å²) >= 11 is 0. The summed E-state index contributed by atoms with van der Waals surface area (Å²) in [5, 5.41) is 0. The van der Waals surface area contributed by atoms with Gasteiger partial charge in [0.2, 0.25) is 0 Å². The average molecular weight is 142 g/mol. The highest BCUT2D eigenvalue weighted by Gasteiger charge is 2.24. The first kappa shape index (κ1) is 9.96. The summed E-state index contributed by atoms with van der Waals surface area (Å²) in [7, 11) is 0. The van der Waals surface area contributed by atoms with Crippen LogP contribution in [0.2, 0.25) is 0 Å². The standard InChI is InChI=1S/C9H20N/c1-5-7-9(10,6-2)8(3)4/h8H,1,5-7,10H2,2-4H3. The second kappa shape index (κ2) is 3.97. The molecule has 0 bridgehead atoms. The Balaban J connectivity index is 3.94. The van der Waals surface area contributed by atoms with E-state index in [4.69, 9.17) is 5.73 Å². The summed E-state index contributed by atoms with van der Waals surface area (Å²) in [5.74, 6) is 0.569. The van der Waals surface area contributed by atoms with Crippen LogP contribution in [-0.2, 0) is 0 Å². The lowest BCUT2D eigenvalue weighted by atomic mass is 9.81. The summed E-state index contributed by atoms with van der Waals surface area (Å²) in [6.45, 7) is 10.3. The maximum absolute atomic E-state index is 6.11. The number of hydrogen-bond donors (Lipinski definition) is 1. The van der Waals surface area contributed by atoms with E-state index in [1.807, 2.05) is 0 Å². The van der Waals surface area contributed by atoms with Crippen LogP contribution in [0.25, 0.3) is 0 Å². The molecule has 0 aromatic heterocycles. The molecule has 0 rings (SSSR count).